The number of hydrogen-bond donors (Lipinski definition) is 1. The molecule has 0 bridgehead atoms. The minimum absolute atomic E-state index is 0.125. The Morgan fingerprint density at radius 3 is 2.63 bits per heavy atom. The Morgan fingerprint density at radius 1 is 1.37 bits per heavy atom. The molecule has 1 atom stereocenters. The molecule has 0 saturated carbocycles. The maximum absolute atomic E-state index is 12.7. The highest BCUT2D eigenvalue weighted by Crippen LogP contribution is 2.16. The van der Waals surface area contributed by atoms with E-state index in [4.69, 9.17) is 0 Å². The van der Waals surface area contributed by atoms with E-state index < -0.39 is 9.84 Å². The van der Waals surface area contributed by atoms with Crippen molar-refractivity contribution in [2.45, 2.75) is 12.5 Å². The van der Waals surface area contributed by atoms with Crippen LogP contribution in [0.25, 0.3) is 0 Å². The first-order chi connectivity index (χ1) is 8.96. The van der Waals surface area contributed by atoms with Gasteiger partial charge in [0.2, 0.25) is 0 Å². The van der Waals surface area contributed by atoms with Gasteiger partial charge < -0.3 is 10.2 Å². The smallest absolute Gasteiger partial charge is 0.151 e. The minimum Gasteiger partial charge on any atom is -0.384 e. The van der Waals surface area contributed by atoms with Gasteiger partial charge in [0.05, 0.1) is 11.5 Å². The summed E-state index contributed by atoms with van der Waals surface area (Å²) in [5, 5.41) is 3.19. The molecule has 1 saturated heterocycles. The second kappa shape index (κ2) is 5.88. The predicted octanol–water partition coefficient (Wildman–Crippen LogP) is 1.36. The van der Waals surface area contributed by atoms with Crippen LogP contribution in [0, 0.1) is 5.82 Å². The number of sulfone groups is 1. The Labute approximate surface area is 113 Å². The average molecular weight is 286 g/mol. The number of rotatable bonds is 5. The predicted molar refractivity (Wildman–Crippen MR) is 74.6 cm³/mol. The Hall–Kier alpha value is -1.14. The summed E-state index contributed by atoms with van der Waals surface area (Å²) in [4.78, 5) is 2.07. The minimum atomic E-state index is -2.83. The van der Waals surface area contributed by atoms with Crippen LogP contribution in [0.2, 0.25) is 0 Å². The summed E-state index contributed by atoms with van der Waals surface area (Å²) in [6.45, 7) is 1.47. The van der Waals surface area contributed by atoms with Gasteiger partial charge in [0, 0.05) is 24.8 Å². The van der Waals surface area contributed by atoms with Gasteiger partial charge in [0.25, 0.3) is 0 Å². The SMILES string of the molecule is CN(CCNc1ccc(F)cc1)C1CCS(=O)(=O)C1. The maximum Gasteiger partial charge on any atom is 0.151 e. The molecule has 1 N–H and O–H groups in total. The van der Waals surface area contributed by atoms with Gasteiger partial charge in [0.15, 0.2) is 9.84 Å². The lowest BCUT2D eigenvalue weighted by molar-refractivity contribution is 0.272. The van der Waals surface area contributed by atoms with Crippen molar-refractivity contribution >= 4 is 15.5 Å². The molecule has 1 aromatic carbocycles. The summed E-state index contributed by atoms with van der Waals surface area (Å²) in [7, 11) is -0.884. The summed E-state index contributed by atoms with van der Waals surface area (Å²) >= 11 is 0. The standard InChI is InChI=1S/C13H19FN2O2S/c1-16(13-6-9-19(17,18)10-13)8-7-15-12-4-2-11(14)3-5-12/h2-5,13,15H,6-10H2,1H3. The number of anilines is 1. The van der Waals surface area contributed by atoms with Crippen LogP contribution in [0.4, 0.5) is 10.1 Å². The third kappa shape index (κ3) is 4.18. The van der Waals surface area contributed by atoms with Crippen LogP contribution in [0.1, 0.15) is 6.42 Å². The molecule has 1 aliphatic heterocycles. The Kier molecular flexibility index (Phi) is 4.42. The maximum atomic E-state index is 12.7. The molecule has 106 valence electrons. The third-order valence-electron chi connectivity index (χ3n) is 3.47. The molecular weight excluding hydrogens is 267 g/mol. The molecule has 19 heavy (non-hydrogen) atoms. The monoisotopic (exact) mass is 286 g/mol. The number of nitrogens with one attached hydrogen (secondary N) is 1. The van der Waals surface area contributed by atoms with E-state index in [0.717, 1.165) is 18.7 Å². The van der Waals surface area contributed by atoms with Gasteiger partial charge in [-0.3, -0.25) is 0 Å². The van der Waals surface area contributed by atoms with E-state index in [-0.39, 0.29) is 17.6 Å². The van der Waals surface area contributed by atoms with Gasteiger partial charge >= 0.3 is 0 Å². The van der Waals surface area contributed by atoms with Crippen LogP contribution >= 0.6 is 0 Å². The Morgan fingerprint density at radius 2 is 2.05 bits per heavy atom. The number of benzene rings is 1. The van der Waals surface area contributed by atoms with E-state index in [2.05, 4.69) is 10.2 Å². The van der Waals surface area contributed by atoms with E-state index >= 15 is 0 Å². The van der Waals surface area contributed by atoms with Gasteiger partial charge in [-0.05, 0) is 37.7 Å². The lowest BCUT2D eigenvalue weighted by Crippen LogP contribution is -2.36. The molecule has 1 aromatic rings. The molecule has 1 unspecified atom stereocenters. The number of nitrogens with zero attached hydrogens (tertiary/aromatic N) is 1. The fourth-order valence-electron chi connectivity index (χ4n) is 2.25. The molecule has 1 heterocycles. The molecule has 0 radical (unpaired) electrons. The first-order valence-electron chi connectivity index (χ1n) is 6.36. The van der Waals surface area contributed by atoms with Crippen molar-refractivity contribution in [1.29, 1.82) is 0 Å². The van der Waals surface area contributed by atoms with E-state index in [0.29, 0.717) is 12.3 Å². The summed E-state index contributed by atoms with van der Waals surface area (Å²) in [5.74, 6) is 0.312. The molecule has 0 aliphatic carbocycles. The van der Waals surface area contributed by atoms with Crippen molar-refractivity contribution < 1.29 is 12.8 Å². The van der Waals surface area contributed by atoms with Crippen LogP contribution in [0.5, 0.6) is 0 Å². The van der Waals surface area contributed by atoms with Crippen LogP contribution in [0.15, 0.2) is 24.3 Å². The van der Waals surface area contributed by atoms with E-state index in [1.165, 1.54) is 12.1 Å². The van der Waals surface area contributed by atoms with E-state index in [1.54, 1.807) is 12.1 Å². The molecule has 0 aromatic heterocycles. The van der Waals surface area contributed by atoms with Crippen LogP contribution in [0.3, 0.4) is 0 Å². The fraction of sp³-hybridized carbons (Fsp3) is 0.538. The van der Waals surface area contributed by atoms with Gasteiger partial charge in [-0.25, -0.2) is 12.8 Å². The summed E-state index contributed by atoms with van der Waals surface area (Å²) in [6, 6.07) is 6.33. The molecule has 1 fully saturated rings. The third-order valence-corrected chi connectivity index (χ3v) is 5.22. The van der Waals surface area contributed by atoms with Crippen molar-refractivity contribution in [2.24, 2.45) is 0 Å². The van der Waals surface area contributed by atoms with Crippen LogP contribution in [-0.2, 0) is 9.84 Å². The summed E-state index contributed by atoms with van der Waals surface area (Å²) in [6.07, 6.45) is 0.718. The zero-order valence-corrected chi connectivity index (χ0v) is 11.8. The fourth-order valence-corrected chi connectivity index (χ4v) is 4.06. The molecule has 4 nitrogen and oxygen atoms in total. The van der Waals surface area contributed by atoms with Crippen LogP contribution in [-0.4, -0.2) is 51.0 Å². The number of halogens is 1. The normalized spacial score (nSPS) is 21.7. The first-order valence-corrected chi connectivity index (χ1v) is 8.18. The molecule has 0 spiro atoms. The number of likely N-dealkylation sites (N-methyl/N-ethyl adjacent to an activating group) is 1. The second-order valence-corrected chi connectivity index (χ2v) is 7.20. The highest BCUT2D eigenvalue weighted by molar-refractivity contribution is 7.91. The zero-order valence-electron chi connectivity index (χ0n) is 11.0. The van der Waals surface area contributed by atoms with Crippen molar-refractivity contribution in [3.8, 4) is 0 Å². The van der Waals surface area contributed by atoms with Crippen LogP contribution < -0.4 is 5.32 Å². The van der Waals surface area contributed by atoms with Gasteiger partial charge in [-0.15, -0.1) is 0 Å². The zero-order chi connectivity index (χ0) is 13.9. The average Bonchev–Trinajstić information content (AvgIpc) is 2.72. The quantitative estimate of drug-likeness (QED) is 0.888. The summed E-state index contributed by atoms with van der Waals surface area (Å²) in [5.41, 5.74) is 0.869. The van der Waals surface area contributed by atoms with E-state index in [1.807, 2.05) is 7.05 Å². The van der Waals surface area contributed by atoms with E-state index in [9.17, 15) is 12.8 Å². The van der Waals surface area contributed by atoms with Gasteiger partial charge in [-0.1, -0.05) is 0 Å². The van der Waals surface area contributed by atoms with Crippen molar-refractivity contribution in [1.82, 2.24) is 4.90 Å². The molecule has 1 aliphatic rings. The highest BCUT2D eigenvalue weighted by atomic mass is 32.2. The molecule has 2 rings (SSSR count). The highest BCUT2D eigenvalue weighted by Gasteiger charge is 2.30. The lowest BCUT2D eigenvalue weighted by Gasteiger charge is -2.23. The van der Waals surface area contributed by atoms with Gasteiger partial charge in [0.1, 0.15) is 5.82 Å². The van der Waals surface area contributed by atoms with Gasteiger partial charge in [-0.2, -0.15) is 0 Å². The largest absolute Gasteiger partial charge is 0.384 e. The second-order valence-electron chi connectivity index (χ2n) is 4.97. The van der Waals surface area contributed by atoms with Crippen molar-refractivity contribution in [2.75, 3.05) is 37.0 Å². The topological polar surface area (TPSA) is 49.4 Å². The molecule has 6 heteroatoms. The Bertz CT molecular complexity index is 516. The van der Waals surface area contributed by atoms with Crippen molar-refractivity contribution in [3.05, 3.63) is 30.1 Å². The Balaban J connectivity index is 1.75. The van der Waals surface area contributed by atoms with Crippen molar-refractivity contribution in [3.63, 3.8) is 0 Å². The first kappa shape index (κ1) is 14.3. The molecular formula is C13H19FN2O2S. The number of hydrogen-bond acceptors (Lipinski definition) is 4. The lowest BCUT2D eigenvalue weighted by atomic mass is 10.2. The molecule has 0 amide bonds. The summed E-state index contributed by atoms with van der Waals surface area (Å²) < 4.78 is 35.5.